The topological polar surface area (TPSA) is 87.3 Å². The van der Waals surface area contributed by atoms with Crippen molar-refractivity contribution in [3.63, 3.8) is 0 Å². The minimum absolute atomic E-state index is 0.0618. The maximum absolute atomic E-state index is 12.6. The Morgan fingerprint density at radius 3 is 2.70 bits per heavy atom. The van der Waals surface area contributed by atoms with Crippen molar-refractivity contribution in [3.05, 3.63) is 36.0 Å². The molecule has 122 valence electrons. The van der Waals surface area contributed by atoms with Crippen LogP contribution in [0.1, 0.15) is 23.7 Å². The van der Waals surface area contributed by atoms with E-state index in [0.29, 0.717) is 23.9 Å². The molecule has 0 radical (unpaired) electrons. The Bertz CT molecular complexity index is 869. The van der Waals surface area contributed by atoms with E-state index in [1.165, 1.54) is 11.1 Å². The summed E-state index contributed by atoms with van der Waals surface area (Å²) in [6.07, 6.45) is 1.92. The van der Waals surface area contributed by atoms with Crippen LogP contribution in [0.15, 0.2) is 30.5 Å². The molecule has 1 aliphatic heterocycles. The van der Waals surface area contributed by atoms with E-state index in [1.54, 1.807) is 19.1 Å². The predicted octanol–water partition coefficient (Wildman–Crippen LogP) is 1.39. The molecular weight excluding hydrogens is 316 g/mol. The zero-order valence-electron chi connectivity index (χ0n) is 12.8. The molecule has 1 aliphatic rings. The highest BCUT2D eigenvalue weighted by atomic mass is 32.2. The number of benzene rings is 1. The summed E-state index contributed by atoms with van der Waals surface area (Å²) in [7, 11) is -3.11. The van der Waals surface area contributed by atoms with Crippen LogP contribution < -0.4 is 0 Å². The molecule has 1 N–H and O–H groups in total. The Hall–Kier alpha value is -2.15. The van der Waals surface area contributed by atoms with Gasteiger partial charge in [-0.3, -0.25) is 9.59 Å². The van der Waals surface area contributed by atoms with Crippen LogP contribution in [0.5, 0.6) is 0 Å². The monoisotopic (exact) mass is 334 g/mol. The summed E-state index contributed by atoms with van der Waals surface area (Å²) in [5.74, 6) is -1.23. The Morgan fingerprint density at radius 1 is 1.30 bits per heavy atom. The molecule has 1 aromatic carbocycles. The highest BCUT2D eigenvalue weighted by molar-refractivity contribution is 7.91. The number of carbonyl (C=O) groups is 2. The van der Waals surface area contributed by atoms with Crippen LogP contribution in [0, 0.1) is 0 Å². The molecule has 0 bridgehead atoms. The SMILES string of the molecule is CCN(C(=O)C(=O)c1c[nH]c2ccccc12)C1CCS(=O)(=O)C1. The number of rotatable bonds is 4. The van der Waals surface area contributed by atoms with Gasteiger partial charge in [-0.15, -0.1) is 0 Å². The van der Waals surface area contributed by atoms with Gasteiger partial charge in [-0.2, -0.15) is 0 Å². The lowest BCUT2D eigenvalue weighted by Gasteiger charge is -2.25. The molecule has 1 unspecified atom stereocenters. The van der Waals surface area contributed by atoms with E-state index in [1.807, 2.05) is 12.1 Å². The van der Waals surface area contributed by atoms with Crippen LogP contribution in [0.3, 0.4) is 0 Å². The number of Topliss-reactive ketones (excluding diaryl/α,β-unsaturated/α-hetero) is 1. The lowest BCUT2D eigenvalue weighted by molar-refractivity contribution is -0.128. The van der Waals surface area contributed by atoms with Crippen LogP contribution in [0.25, 0.3) is 10.9 Å². The Morgan fingerprint density at radius 2 is 2.04 bits per heavy atom. The fraction of sp³-hybridized carbons (Fsp3) is 0.375. The van der Waals surface area contributed by atoms with Gasteiger partial charge in [0.05, 0.1) is 17.1 Å². The fourth-order valence-corrected chi connectivity index (χ4v) is 4.82. The van der Waals surface area contributed by atoms with Crippen molar-refractivity contribution in [1.29, 1.82) is 0 Å². The van der Waals surface area contributed by atoms with E-state index >= 15 is 0 Å². The number of sulfone groups is 1. The summed E-state index contributed by atoms with van der Waals surface area (Å²) in [4.78, 5) is 29.5. The van der Waals surface area contributed by atoms with Crippen molar-refractivity contribution >= 4 is 32.4 Å². The number of fused-ring (bicyclic) bond motifs is 1. The summed E-state index contributed by atoms with van der Waals surface area (Å²) >= 11 is 0. The second kappa shape index (κ2) is 5.81. The van der Waals surface area contributed by atoms with Gasteiger partial charge < -0.3 is 9.88 Å². The molecule has 1 fully saturated rings. The Balaban J connectivity index is 1.88. The van der Waals surface area contributed by atoms with E-state index in [9.17, 15) is 18.0 Å². The van der Waals surface area contributed by atoms with E-state index in [4.69, 9.17) is 0 Å². The minimum Gasteiger partial charge on any atom is -0.360 e. The van der Waals surface area contributed by atoms with Gasteiger partial charge in [0.1, 0.15) is 0 Å². The number of nitrogens with one attached hydrogen (secondary N) is 1. The molecule has 23 heavy (non-hydrogen) atoms. The van der Waals surface area contributed by atoms with Crippen molar-refractivity contribution in [2.24, 2.45) is 0 Å². The molecule has 1 saturated heterocycles. The third-order valence-electron chi connectivity index (χ3n) is 4.28. The van der Waals surface area contributed by atoms with Crippen LogP contribution in [-0.4, -0.2) is 54.1 Å². The van der Waals surface area contributed by atoms with Crippen LogP contribution >= 0.6 is 0 Å². The molecule has 0 saturated carbocycles. The number of hydrogen-bond acceptors (Lipinski definition) is 4. The van der Waals surface area contributed by atoms with Gasteiger partial charge in [0.25, 0.3) is 11.7 Å². The largest absolute Gasteiger partial charge is 0.360 e. The molecule has 1 aromatic heterocycles. The summed E-state index contributed by atoms with van der Waals surface area (Å²) < 4.78 is 23.3. The van der Waals surface area contributed by atoms with Gasteiger partial charge >= 0.3 is 0 Å². The molecule has 6 nitrogen and oxygen atoms in total. The fourth-order valence-electron chi connectivity index (χ4n) is 3.09. The van der Waals surface area contributed by atoms with Crippen molar-refractivity contribution in [2.45, 2.75) is 19.4 Å². The first-order valence-electron chi connectivity index (χ1n) is 7.55. The molecule has 1 amide bonds. The van der Waals surface area contributed by atoms with E-state index in [2.05, 4.69) is 4.98 Å². The third-order valence-corrected chi connectivity index (χ3v) is 6.03. The standard InChI is InChI=1S/C16H18N2O4S/c1-2-18(11-7-8-23(21,22)10-11)16(20)15(19)13-9-17-14-6-4-3-5-12(13)14/h3-6,9,11,17H,2,7-8,10H2,1H3. The van der Waals surface area contributed by atoms with Crippen LogP contribution in [0.4, 0.5) is 0 Å². The molecular formula is C16H18N2O4S. The lowest BCUT2D eigenvalue weighted by Crippen LogP contribution is -2.44. The Kier molecular flexibility index (Phi) is 3.97. The predicted molar refractivity (Wildman–Crippen MR) is 87.1 cm³/mol. The van der Waals surface area contributed by atoms with E-state index in [0.717, 1.165) is 5.52 Å². The van der Waals surface area contributed by atoms with Crippen molar-refractivity contribution in [2.75, 3.05) is 18.1 Å². The van der Waals surface area contributed by atoms with Gasteiger partial charge in [0.2, 0.25) is 0 Å². The van der Waals surface area contributed by atoms with Gasteiger partial charge in [-0.25, -0.2) is 8.42 Å². The maximum Gasteiger partial charge on any atom is 0.295 e. The first-order chi connectivity index (χ1) is 10.9. The molecule has 1 atom stereocenters. The second-order valence-electron chi connectivity index (χ2n) is 5.73. The van der Waals surface area contributed by atoms with Gasteiger partial charge in [0.15, 0.2) is 9.84 Å². The average Bonchev–Trinajstić information content (AvgIpc) is 3.10. The number of amides is 1. The normalized spacial score (nSPS) is 19.8. The molecule has 2 aromatic rings. The smallest absolute Gasteiger partial charge is 0.295 e. The second-order valence-corrected chi connectivity index (χ2v) is 7.95. The first-order valence-corrected chi connectivity index (χ1v) is 9.37. The van der Waals surface area contributed by atoms with Crippen molar-refractivity contribution < 1.29 is 18.0 Å². The zero-order valence-corrected chi connectivity index (χ0v) is 13.6. The van der Waals surface area contributed by atoms with E-state index < -0.39 is 27.6 Å². The number of aromatic nitrogens is 1. The van der Waals surface area contributed by atoms with Crippen molar-refractivity contribution in [1.82, 2.24) is 9.88 Å². The number of para-hydroxylation sites is 1. The molecule has 3 rings (SSSR count). The number of likely N-dealkylation sites (N-methyl/N-ethyl adjacent to an activating group) is 1. The number of carbonyl (C=O) groups excluding carboxylic acids is 2. The first kappa shape index (κ1) is 15.7. The molecule has 2 heterocycles. The summed E-state index contributed by atoms with van der Waals surface area (Å²) in [6.45, 7) is 2.07. The molecule has 7 heteroatoms. The van der Waals surface area contributed by atoms with Crippen molar-refractivity contribution in [3.8, 4) is 0 Å². The summed E-state index contributed by atoms with van der Waals surface area (Å²) in [5.41, 5.74) is 1.11. The van der Waals surface area contributed by atoms with E-state index in [-0.39, 0.29) is 11.5 Å². The number of aromatic amines is 1. The zero-order chi connectivity index (χ0) is 16.6. The molecule has 0 spiro atoms. The number of ketones is 1. The van der Waals surface area contributed by atoms with Crippen LogP contribution in [0.2, 0.25) is 0 Å². The highest BCUT2D eigenvalue weighted by Gasteiger charge is 2.36. The van der Waals surface area contributed by atoms with Gasteiger partial charge in [0, 0.05) is 29.7 Å². The minimum atomic E-state index is -3.11. The molecule has 0 aliphatic carbocycles. The average molecular weight is 334 g/mol. The summed E-state index contributed by atoms with van der Waals surface area (Å²) in [6, 6.07) is 6.85. The Labute approximate surface area is 134 Å². The quantitative estimate of drug-likeness (QED) is 0.676. The third kappa shape index (κ3) is 2.88. The summed E-state index contributed by atoms with van der Waals surface area (Å²) in [5, 5.41) is 0.695. The number of H-pyrrole nitrogens is 1. The van der Waals surface area contributed by atoms with Gasteiger partial charge in [-0.1, -0.05) is 18.2 Å². The number of hydrogen-bond donors (Lipinski definition) is 1. The number of nitrogens with zero attached hydrogens (tertiary/aromatic N) is 1. The van der Waals surface area contributed by atoms with Crippen LogP contribution in [-0.2, 0) is 14.6 Å². The van der Waals surface area contributed by atoms with Gasteiger partial charge in [-0.05, 0) is 19.4 Å². The maximum atomic E-state index is 12.6. The lowest BCUT2D eigenvalue weighted by atomic mass is 10.1. The highest BCUT2D eigenvalue weighted by Crippen LogP contribution is 2.22.